The highest BCUT2D eigenvalue weighted by Gasteiger charge is 2.41. The first kappa shape index (κ1) is 14.4. The van der Waals surface area contributed by atoms with Crippen molar-refractivity contribution in [3.05, 3.63) is 24.0 Å². The number of carbonyl (C=O) groups excluding carboxylic acids is 1. The Morgan fingerprint density at radius 1 is 1.38 bits per heavy atom. The zero-order valence-corrected chi connectivity index (χ0v) is 13.2. The standard InChI is InChI=1S/C17H25N3O/c1-11(15-9-12-4-5-13(15)8-12)19-14-6-7-18-16(10-14)17(21)20(2)3/h6-7,10-13,15H,4-5,8-9H2,1-3H3,(H,18,19). The molecular weight excluding hydrogens is 262 g/mol. The summed E-state index contributed by atoms with van der Waals surface area (Å²) in [5.74, 6) is 2.60. The van der Waals surface area contributed by atoms with Crippen LogP contribution in [0.25, 0.3) is 0 Å². The second kappa shape index (κ2) is 5.66. The third-order valence-corrected chi connectivity index (χ3v) is 5.21. The van der Waals surface area contributed by atoms with E-state index in [4.69, 9.17) is 0 Å². The fourth-order valence-corrected chi connectivity index (χ4v) is 4.14. The topological polar surface area (TPSA) is 45.2 Å². The molecule has 1 aromatic rings. The second-order valence-electron chi connectivity index (χ2n) is 6.90. The molecule has 114 valence electrons. The first-order chi connectivity index (χ1) is 10.0. The molecule has 21 heavy (non-hydrogen) atoms. The molecule has 1 amide bonds. The van der Waals surface area contributed by atoms with Gasteiger partial charge in [0.05, 0.1) is 0 Å². The van der Waals surface area contributed by atoms with Gasteiger partial charge in [0.15, 0.2) is 0 Å². The molecule has 0 aromatic carbocycles. The summed E-state index contributed by atoms with van der Waals surface area (Å²) >= 11 is 0. The number of nitrogens with zero attached hydrogens (tertiary/aromatic N) is 2. The summed E-state index contributed by atoms with van der Waals surface area (Å²) in [5, 5.41) is 3.59. The number of aromatic nitrogens is 1. The van der Waals surface area contributed by atoms with Gasteiger partial charge in [-0.05, 0) is 56.1 Å². The summed E-state index contributed by atoms with van der Waals surface area (Å²) in [4.78, 5) is 17.7. The first-order valence-corrected chi connectivity index (χ1v) is 7.99. The maximum Gasteiger partial charge on any atom is 0.272 e. The lowest BCUT2D eigenvalue weighted by molar-refractivity contribution is 0.0822. The molecule has 3 rings (SSSR count). The summed E-state index contributed by atoms with van der Waals surface area (Å²) in [7, 11) is 3.50. The molecule has 0 aliphatic heterocycles. The van der Waals surface area contributed by atoms with Crippen molar-refractivity contribution in [1.29, 1.82) is 0 Å². The number of fused-ring (bicyclic) bond motifs is 2. The minimum Gasteiger partial charge on any atom is -0.382 e. The van der Waals surface area contributed by atoms with Crippen molar-refractivity contribution in [3.8, 4) is 0 Å². The summed E-state index contributed by atoms with van der Waals surface area (Å²) in [6.07, 6.45) is 7.35. The van der Waals surface area contributed by atoms with Gasteiger partial charge in [-0.15, -0.1) is 0 Å². The highest BCUT2D eigenvalue weighted by molar-refractivity contribution is 5.92. The number of anilines is 1. The van der Waals surface area contributed by atoms with E-state index in [0.717, 1.165) is 23.4 Å². The van der Waals surface area contributed by atoms with Crippen molar-refractivity contribution in [2.45, 2.75) is 38.6 Å². The van der Waals surface area contributed by atoms with Crippen molar-refractivity contribution in [2.24, 2.45) is 17.8 Å². The summed E-state index contributed by atoms with van der Waals surface area (Å²) in [6.45, 7) is 2.28. The van der Waals surface area contributed by atoms with E-state index >= 15 is 0 Å². The van der Waals surface area contributed by atoms with Gasteiger partial charge in [0.1, 0.15) is 5.69 Å². The van der Waals surface area contributed by atoms with Crippen LogP contribution in [0.1, 0.15) is 43.1 Å². The van der Waals surface area contributed by atoms with E-state index in [1.807, 2.05) is 12.1 Å². The van der Waals surface area contributed by atoms with Gasteiger partial charge in [-0.1, -0.05) is 6.42 Å². The predicted molar refractivity (Wildman–Crippen MR) is 84.3 cm³/mol. The highest BCUT2D eigenvalue weighted by Crippen LogP contribution is 2.49. The molecule has 1 aromatic heterocycles. The molecular formula is C17H25N3O. The molecule has 0 spiro atoms. The predicted octanol–water partition coefficient (Wildman–Crippen LogP) is 3.02. The third kappa shape index (κ3) is 2.89. The van der Waals surface area contributed by atoms with Crippen molar-refractivity contribution >= 4 is 11.6 Å². The van der Waals surface area contributed by atoms with Crippen LogP contribution in [0.2, 0.25) is 0 Å². The average Bonchev–Trinajstić information content (AvgIpc) is 3.09. The molecule has 2 saturated carbocycles. The number of pyridine rings is 1. The van der Waals surface area contributed by atoms with Crippen molar-refractivity contribution in [2.75, 3.05) is 19.4 Å². The summed E-state index contributed by atoms with van der Waals surface area (Å²) in [5.41, 5.74) is 1.51. The lowest BCUT2D eigenvalue weighted by Gasteiger charge is -2.29. The molecule has 0 radical (unpaired) electrons. The first-order valence-electron chi connectivity index (χ1n) is 7.99. The van der Waals surface area contributed by atoms with E-state index < -0.39 is 0 Å². The van der Waals surface area contributed by atoms with Gasteiger partial charge in [-0.25, -0.2) is 0 Å². The third-order valence-electron chi connectivity index (χ3n) is 5.21. The lowest BCUT2D eigenvalue weighted by atomic mass is 9.84. The Labute approximate surface area is 126 Å². The van der Waals surface area contributed by atoms with E-state index in [0.29, 0.717) is 11.7 Å². The number of hydrogen-bond acceptors (Lipinski definition) is 3. The molecule has 4 heteroatoms. The molecule has 2 fully saturated rings. The molecule has 2 aliphatic carbocycles. The number of carbonyl (C=O) groups is 1. The summed E-state index contributed by atoms with van der Waals surface area (Å²) < 4.78 is 0. The summed E-state index contributed by atoms with van der Waals surface area (Å²) in [6, 6.07) is 4.28. The zero-order chi connectivity index (χ0) is 15.0. The fourth-order valence-electron chi connectivity index (χ4n) is 4.14. The van der Waals surface area contributed by atoms with Gasteiger partial charge in [0.25, 0.3) is 5.91 Å². The maximum absolute atomic E-state index is 12.0. The van der Waals surface area contributed by atoms with Crippen LogP contribution < -0.4 is 5.32 Å². The van der Waals surface area contributed by atoms with E-state index in [9.17, 15) is 4.79 Å². The Bertz CT molecular complexity index is 529. The molecule has 0 saturated heterocycles. The van der Waals surface area contributed by atoms with Crippen molar-refractivity contribution in [1.82, 2.24) is 9.88 Å². The smallest absolute Gasteiger partial charge is 0.272 e. The average molecular weight is 287 g/mol. The maximum atomic E-state index is 12.0. The molecule has 1 heterocycles. The SMILES string of the molecule is CC(Nc1ccnc(C(=O)N(C)C)c1)C1CC2CCC1C2. The van der Waals surface area contributed by atoms with Crippen LogP contribution in [0.15, 0.2) is 18.3 Å². The van der Waals surface area contributed by atoms with Crippen LogP contribution in [0.5, 0.6) is 0 Å². The van der Waals surface area contributed by atoms with Gasteiger partial charge in [0, 0.05) is 32.0 Å². The Kier molecular flexibility index (Phi) is 3.87. The number of amides is 1. The Hall–Kier alpha value is -1.58. The van der Waals surface area contributed by atoms with Gasteiger partial charge >= 0.3 is 0 Å². The molecule has 4 unspecified atom stereocenters. The molecule has 1 N–H and O–H groups in total. The molecule has 2 aliphatic rings. The van der Waals surface area contributed by atoms with Gasteiger partial charge in [-0.3, -0.25) is 9.78 Å². The van der Waals surface area contributed by atoms with Crippen molar-refractivity contribution < 1.29 is 4.79 Å². The Morgan fingerprint density at radius 3 is 2.81 bits per heavy atom. The number of hydrogen-bond donors (Lipinski definition) is 1. The van der Waals surface area contributed by atoms with E-state index in [2.05, 4.69) is 17.2 Å². The van der Waals surface area contributed by atoms with E-state index in [-0.39, 0.29) is 5.91 Å². The minimum atomic E-state index is -0.0498. The Morgan fingerprint density at radius 2 is 2.19 bits per heavy atom. The fraction of sp³-hybridized carbons (Fsp3) is 0.647. The van der Waals surface area contributed by atoms with Crippen LogP contribution in [0, 0.1) is 17.8 Å². The van der Waals surface area contributed by atoms with E-state index in [1.54, 1.807) is 25.2 Å². The van der Waals surface area contributed by atoms with Crippen LogP contribution >= 0.6 is 0 Å². The van der Waals surface area contributed by atoms with Gasteiger partial charge in [-0.2, -0.15) is 0 Å². The quantitative estimate of drug-likeness (QED) is 0.926. The number of rotatable bonds is 4. The molecule has 4 atom stereocenters. The van der Waals surface area contributed by atoms with Crippen LogP contribution in [-0.2, 0) is 0 Å². The second-order valence-corrected chi connectivity index (χ2v) is 6.90. The van der Waals surface area contributed by atoms with Crippen LogP contribution in [0.4, 0.5) is 5.69 Å². The van der Waals surface area contributed by atoms with Crippen LogP contribution in [0.3, 0.4) is 0 Å². The monoisotopic (exact) mass is 287 g/mol. The highest BCUT2D eigenvalue weighted by atomic mass is 16.2. The molecule has 4 nitrogen and oxygen atoms in total. The lowest BCUT2D eigenvalue weighted by Crippen LogP contribution is -2.30. The largest absolute Gasteiger partial charge is 0.382 e. The van der Waals surface area contributed by atoms with Gasteiger partial charge in [0.2, 0.25) is 0 Å². The Balaban J connectivity index is 1.67. The minimum absolute atomic E-state index is 0.0498. The van der Waals surface area contributed by atoms with Crippen LogP contribution in [-0.4, -0.2) is 35.9 Å². The molecule has 2 bridgehead atoms. The zero-order valence-electron chi connectivity index (χ0n) is 13.2. The van der Waals surface area contributed by atoms with Crippen molar-refractivity contribution in [3.63, 3.8) is 0 Å². The van der Waals surface area contributed by atoms with Gasteiger partial charge < -0.3 is 10.2 Å². The number of nitrogens with one attached hydrogen (secondary N) is 1. The van der Waals surface area contributed by atoms with E-state index in [1.165, 1.54) is 25.7 Å². The normalized spacial score (nSPS) is 28.4.